The molecular formula is C14H14FNOS. The lowest BCUT2D eigenvalue weighted by Gasteiger charge is -2.08. The van der Waals surface area contributed by atoms with E-state index in [1.54, 1.807) is 24.9 Å². The molecule has 0 radical (unpaired) electrons. The summed E-state index contributed by atoms with van der Waals surface area (Å²) in [5.41, 5.74) is 6.43. The largest absolute Gasteiger partial charge is 0.497 e. The van der Waals surface area contributed by atoms with Gasteiger partial charge in [-0.3, -0.25) is 0 Å². The van der Waals surface area contributed by atoms with Gasteiger partial charge in [-0.2, -0.15) is 0 Å². The van der Waals surface area contributed by atoms with Gasteiger partial charge in [0.15, 0.2) is 0 Å². The zero-order valence-electron chi connectivity index (χ0n) is 10.0. The molecule has 0 aliphatic rings. The van der Waals surface area contributed by atoms with Crippen LogP contribution in [-0.4, -0.2) is 7.11 Å². The summed E-state index contributed by atoms with van der Waals surface area (Å²) >= 11 is 1.56. The van der Waals surface area contributed by atoms with E-state index in [4.69, 9.17) is 10.5 Å². The van der Waals surface area contributed by atoms with Crippen molar-refractivity contribution < 1.29 is 9.13 Å². The smallest absolute Gasteiger partial charge is 0.123 e. The third-order valence-electron chi connectivity index (χ3n) is 2.53. The van der Waals surface area contributed by atoms with Gasteiger partial charge in [-0.15, -0.1) is 0 Å². The molecule has 2 rings (SSSR count). The van der Waals surface area contributed by atoms with Gasteiger partial charge in [0, 0.05) is 16.3 Å². The van der Waals surface area contributed by atoms with Gasteiger partial charge in [0.25, 0.3) is 0 Å². The lowest BCUT2D eigenvalue weighted by atomic mass is 10.2. The molecule has 0 saturated heterocycles. The van der Waals surface area contributed by atoms with Crippen LogP contribution in [0.4, 0.5) is 4.39 Å². The highest BCUT2D eigenvalue weighted by molar-refractivity contribution is 7.99. The average Bonchev–Trinajstić information content (AvgIpc) is 2.41. The summed E-state index contributed by atoms with van der Waals surface area (Å²) in [5, 5.41) is 0. The van der Waals surface area contributed by atoms with Crippen molar-refractivity contribution in [1.82, 2.24) is 0 Å². The highest BCUT2D eigenvalue weighted by Crippen LogP contribution is 2.31. The molecule has 0 aliphatic heterocycles. The van der Waals surface area contributed by atoms with Crippen LogP contribution in [0.25, 0.3) is 0 Å². The summed E-state index contributed by atoms with van der Waals surface area (Å²) in [6.07, 6.45) is 0. The quantitative estimate of drug-likeness (QED) is 0.917. The number of methoxy groups -OCH3 is 1. The Balaban J connectivity index is 2.22. The summed E-state index contributed by atoms with van der Waals surface area (Å²) in [4.78, 5) is 2.04. The third-order valence-corrected chi connectivity index (χ3v) is 3.66. The highest BCUT2D eigenvalue weighted by atomic mass is 32.2. The molecule has 0 fully saturated rings. The minimum absolute atomic E-state index is 0.255. The first-order chi connectivity index (χ1) is 8.72. The van der Waals surface area contributed by atoms with Crippen LogP contribution in [-0.2, 0) is 6.54 Å². The molecule has 0 heterocycles. The fourth-order valence-electron chi connectivity index (χ4n) is 1.58. The summed E-state index contributed by atoms with van der Waals surface area (Å²) in [6, 6.07) is 12.4. The topological polar surface area (TPSA) is 35.2 Å². The van der Waals surface area contributed by atoms with E-state index < -0.39 is 0 Å². The van der Waals surface area contributed by atoms with Gasteiger partial charge in [-0.05, 0) is 48.0 Å². The fraction of sp³-hybridized carbons (Fsp3) is 0.143. The van der Waals surface area contributed by atoms with Crippen LogP contribution in [0.2, 0.25) is 0 Å². The summed E-state index contributed by atoms with van der Waals surface area (Å²) < 4.78 is 18.2. The normalized spacial score (nSPS) is 10.4. The Hall–Kier alpha value is -1.52. The Morgan fingerprint density at radius 3 is 2.50 bits per heavy atom. The lowest BCUT2D eigenvalue weighted by Crippen LogP contribution is -1.98. The Labute approximate surface area is 110 Å². The van der Waals surface area contributed by atoms with Gasteiger partial charge in [-0.25, -0.2) is 4.39 Å². The van der Waals surface area contributed by atoms with Crippen molar-refractivity contribution in [1.29, 1.82) is 0 Å². The molecule has 0 aliphatic carbocycles. The van der Waals surface area contributed by atoms with E-state index in [-0.39, 0.29) is 5.82 Å². The second kappa shape index (κ2) is 5.89. The second-order valence-electron chi connectivity index (χ2n) is 3.73. The molecule has 0 amide bonds. The molecule has 0 unspecified atom stereocenters. The van der Waals surface area contributed by atoms with Gasteiger partial charge >= 0.3 is 0 Å². The van der Waals surface area contributed by atoms with Crippen LogP contribution in [0.3, 0.4) is 0 Å². The maximum absolute atomic E-state index is 13.1. The van der Waals surface area contributed by atoms with Crippen molar-refractivity contribution in [3.8, 4) is 5.75 Å². The van der Waals surface area contributed by atoms with E-state index >= 15 is 0 Å². The molecule has 94 valence electrons. The lowest BCUT2D eigenvalue weighted by molar-refractivity contribution is 0.414. The highest BCUT2D eigenvalue weighted by Gasteiger charge is 2.05. The van der Waals surface area contributed by atoms with E-state index in [1.807, 2.05) is 24.3 Å². The average molecular weight is 263 g/mol. The molecule has 2 N–H and O–H groups in total. The zero-order chi connectivity index (χ0) is 13.0. The minimum atomic E-state index is -0.255. The Morgan fingerprint density at radius 2 is 1.89 bits per heavy atom. The molecule has 2 aromatic rings. The van der Waals surface area contributed by atoms with Crippen molar-refractivity contribution in [3.05, 3.63) is 53.8 Å². The van der Waals surface area contributed by atoms with Crippen molar-refractivity contribution in [2.45, 2.75) is 16.3 Å². The van der Waals surface area contributed by atoms with E-state index in [2.05, 4.69) is 0 Å². The van der Waals surface area contributed by atoms with E-state index in [1.165, 1.54) is 12.1 Å². The SMILES string of the molecule is COc1ccc(Sc2ccc(F)cc2CN)cc1. The fourth-order valence-corrected chi connectivity index (χ4v) is 2.51. The maximum atomic E-state index is 13.1. The molecule has 0 saturated carbocycles. The first kappa shape index (κ1) is 12.9. The summed E-state index contributed by atoms with van der Waals surface area (Å²) in [6.45, 7) is 0.330. The molecule has 0 bridgehead atoms. The number of benzene rings is 2. The molecule has 0 atom stereocenters. The van der Waals surface area contributed by atoms with E-state index in [0.717, 1.165) is 21.1 Å². The number of ether oxygens (including phenoxy) is 1. The van der Waals surface area contributed by atoms with Gasteiger partial charge in [0.1, 0.15) is 11.6 Å². The number of halogens is 1. The van der Waals surface area contributed by atoms with Gasteiger partial charge in [0.2, 0.25) is 0 Å². The predicted octanol–water partition coefficient (Wildman–Crippen LogP) is 3.44. The van der Waals surface area contributed by atoms with Crippen LogP contribution in [0.1, 0.15) is 5.56 Å². The van der Waals surface area contributed by atoms with Crippen molar-refractivity contribution >= 4 is 11.8 Å². The van der Waals surface area contributed by atoms with E-state index in [9.17, 15) is 4.39 Å². The Kier molecular flexibility index (Phi) is 4.23. The van der Waals surface area contributed by atoms with Crippen LogP contribution < -0.4 is 10.5 Å². The number of hydrogen-bond donors (Lipinski definition) is 1. The molecule has 0 aromatic heterocycles. The van der Waals surface area contributed by atoms with Crippen molar-refractivity contribution in [2.75, 3.05) is 7.11 Å². The Bertz CT molecular complexity index is 528. The van der Waals surface area contributed by atoms with Crippen molar-refractivity contribution in [2.24, 2.45) is 5.73 Å². The van der Waals surface area contributed by atoms with Gasteiger partial charge in [-0.1, -0.05) is 11.8 Å². The van der Waals surface area contributed by atoms with Crippen LogP contribution in [0.5, 0.6) is 5.75 Å². The number of nitrogens with two attached hydrogens (primary N) is 1. The molecule has 2 aromatic carbocycles. The zero-order valence-corrected chi connectivity index (χ0v) is 10.8. The second-order valence-corrected chi connectivity index (χ2v) is 4.85. The predicted molar refractivity (Wildman–Crippen MR) is 71.4 cm³/mol. The number of hydrogen-bond acceptors (Lipinski definition) is 3. The maximum Gasteiger partial charge on any atom is 0.123 e. The summed E-state index contributed by atoms with van der Waals surface area (Å²) in [5.74, 6) is 0.562. The standard InChI is InChI=1S/C14H14FNOS/c1-17-12-3-5-13(6-4-12)18-14-7-2-11(15)8-10(14)9-16/h2-8H,9,16H2,1H3. The van der Waals surface area contributed by atoms with Gasteiger partial charge < -0.3 is 10.5 Å². The minimum Gasteiger partial charge on any atom is -0.497 e. The first-order valence-corrected chi connectivity index (χ1v) is 6.35. The van der Waals surface area contributed by atoms with Crippen LogP contribution >= 0.6 is 11.8 Å². The molecule has 2 nitrogen and oxygen atoms in total. The summed E-state index contributed by atoms with van der Waals surface area (Å²) in [7, 11) is 1.63. The van der Waals surface area contributed by atoms with Gasteiger partial charge in [0.05, 0.1) is 7.11 Å². The molecule has 18 heavy (non-hydrogen) atoms. The number of rotatable bonds is 4. The van der Waals surface area contributed by atoms with Crippen LogP contribution in [0.15, 0.2) is 52.3 Å². The molecule has 0 spiro atoms. The molecular weight excluding hydrogens is 249 g/mol. The first-order valence-electron chi connectivity index (χ1n) is 5.53. The monoisotopic (exact) mass is 263 g/mol. The Morgan fingerprint density at radius 1 is 1.17 bits per heavy atom. The molecule has 4 heteroatoms. The third kappa shape index (κ3) is 3.03. The van der Waals surface area contributed by atoms with E-state index in [0.29, 0.717) is 6.54 Å². The van der Waals surface area contributed by atoms with Crippen LogP contribution in [0, 0.1) is 5.82 Å². The van der Waals surface area contributed by atoms with Crippen molar-refractivity contribution in [3.63, 3.8) is 0 Å².